The highest BCUT2D eigenvalue weighted by molar-refractivity contribution is 9.10. The Hall–Kier alpha value is -1.28. The van der Waals surface area contributed by atoms with Gasteiger partial charge in [-0.3, -0.25) is 9.79 Å². The Morgan fingerprint density at radius 2 is 1.84 bits per heavy atom. The number of hydrogen-bond donors (Lipinski definition) is 1. The minimum Gasteiger partial charge on any atom is -0.352 e. The summed E-state index contributed by atoms with van der Waals surface area (Å²) < 4.78 is 43.5. The normalized spacial score (nSPS) is 18.8. The molecule has 1 aliphatic heterocycles. The van der Waals surface area contributed by atoms with Gasteiger partial charge in [0.15, 0.2) is 0 Å². The molecule has 2 aromatic carbocycles. The number of aliphatic imine (C=N–C) groups is 1. The lowest BCUT2D eigenvalue weighted by atomic mass is 9.76. The van der Waals surface area contributed by atoms with Gasteiger partial charge in [-0.1, -0.05) is 69.8 Å². The average Bonchev–Trinajstić information content (AvgIpc) is 3.17. The molecule has 1 atom stereocenters. The minimum absolute atomic E-state index is 0.0123. The van der Waals surface area contributed by atoms with Gasteiger partial charge in [0.25, 0.3) is 0 Å². The molecule has 0 spiro atoms. The van der Waals surface area contributed by atoms with Crippen LogP contribution in [0.4, 0.5) is 13.2 Å². The molecular weight excluding hydrogens is 540 g/mol. The third-order valence-electron chi connectivity index (χ3n) is 5.27. The number of rotatable bonds is 5. The number of amides is 1. The standard InChI is InChI=1S/C21H17BrCl3F3N2O/c1-2-18(31)29-9-12-4-3-11(5-14(12)22)17-8-20(10-30-17,21(26,27)28)13-6-15(23)19(25)16(24)7-13/h3-7H,2,8-10H2,1H3,(H,29,31). The summed E-state index contributed by atoms with van der Waals surface area (Å²) in [5.41, 5.74) is -0.627. The van der Waals surface area contributed by atoms with Crippen LogP contribution in [0.5, 0.6) is 0 Å². The number of alkyl halides is 3. The quantitative estimate of drug-likeness (QED) is 0.391. The lowest BCUT2D eigenvalue weighted by molar-refractivity contribution is -0.183. The predicted molar refractivity (Wildman–Crippen MR) is 122 cm³/mol. The molecule has 1 amide bonds. The van der Waals surface area contributed by atoms with E-state index in [1.54, 1.807) is 25.1 Å². The van der Waals surface area contributed by atoms with E-state index in [9.17, 15) is 18.0 Å². The molecule has 0 radical (unpaired) electrons. The summed E-state index contributed by atoms with van der Waals surface area (Å²) in [6.07, 6.45) is -4.58. The van der Waals surface area contributed by atoms with E-state index in [1.165, 1.54) is 12.1 Å². The molecule has 166 valence electrons. The van der Waals surface area contributed by atoms with E-state index in [0.717, 1.165) is 5.56 Å². The minimum atomic E-state index is -4.58. The van der Waals surface area contributed by atoms with Crippen molar-refractivity contribution >= 4 is 62.4 Å². The first kappa shape index (κ1) is 24.4. The van der Waals surface area contributed by atoms with Crippen LogP contribution < -0.4 is 5.32 Å². The Bertz CT molecular complexity index is 1040. The second kappa shape index (κ2) is 9.30. The van der Waals surface area contributed by atoms with Gasteiger partial charge in [0.1, 0.15) is 5.41 Å². The lowest BCUT2D eigenvalue weighted by Crippen LogP contribution is -2.43. The van der Waals surface area contributed by atoms with E-state index >= 15 is 0 Å². The van der Waals surface area contributed by atoms with Crippen molar-refractivity contribution in [1.82, 2.24) is 5.32 Å². The SMILES string of the molecule is CCC(=O)NCc1ccc(C2=NCC(c3cc(Cl)c(Cl)c(Cl)c3)(C(F)(F)F)C2)cc1Br. The number of nitrogens with one attached hydrogen (secondary N) is 1. The summed E-state index contributed by atoms with van der Waals surface area (Å²) >= 11 is 21.4. The molecule has 1 heterocycles. The number of hydrogen-bond acceptors (Lipinski definition) is 2. The molecule has 10 heteroatoms. The molecule has 0 aliphatic carbocycles. The van der Waals surface area contributed by atoms with Crippen molar-refractivity contribution < 1.29 is 18.0 Å². The van der Waals surface area contributed by atoms with E-state index in [2.05, 4.69) is 26.2 Å². The Morgan fingerprint density at radius 1 is 1.19 bits per heavy atom. The fraction of sp³-hybridized carbons (Fsp3) is 0.333. The van der Waals surface area contributed by atoms with Gasteiger partial charge in [-0.05, 0) is 34.9 Å². The van der Waals surface area contributed by atoms with E-state index in [1.807, 2.05) is 0 Å². The maximum atomic E-state index is 14.3. The molecular formula is C21H17BrCl3F3N2O. The first-order valence-electron chi connectivity index (χ1n) is 9.29. The van der Waals surface area contributed by atoms with Crippen molar-refractivity contribution in [2.24, 2.45) is 4.99 Å². The lowest BCUT2D eigenvalue weighted by Gasteiger charge is -2.32. The molecule has 0 saturated carbocycles. The van der Waals surface area contributed by atoms with Crippen LogP contribution in [0, 0.1) is 0 Å². The van der Waals surface area contributed by atoms with E-state index in [4.69, 9.17) is 34.8 Å². The number of nitrogens with zero attached hydrogens (tertiary/aromatic N) is 1. The van der Waals surface area contributed by atoms with Gasteiger partial charge in [-0.2, -0.15) is 13.2 Å². The smallest absolute Gasteiger partial charge is 0.352 e. The molecule has 0 bridgehead atoms. The van der Waals surface area contributed by atoms with Crippen LogP contribution >= 0.6 is 50.7 Å². The van der Waals surface area contributed by atoms with Crippen LogP contribution in [0.15, 0.2) is 39.8 Å². The fourth-order valence-electron chi connectivity index (χ4n) is 3.39. The van der Waals surface area contributed by atoms with Gasteiger partial charge in [0, 0.05) is 29.6 Å². The summed E-state index contributed by atoms with van der Waals surface area (Å²) in [4.78, 5) is 15.7. The van der Waals surface area contributed by atoms with Crippen molar-refractivity contribution in [3.05, 3.63) is 66.6 Å². The van der Waals surface area contributed by atoms with Crippen LogP contribution in [0.1, 0.15) is 36.5 Å². The van der Waals surface area contributed by atoms with Crippen LogP contribution in [-0.2, 0) is 16.8 Å². The van der Waals surface area contributed by atoms with E-state index < -0.39 is 18.1 Å². The molecule has 0 aromatic heterocycles. The molecule has 31 heavy (non-hydrogen) atoms. The summed E-state index contributed by atoms with van der Waals surface area (Å²) in [5, 5.41) is 2.70. The molecule has 1 aliphatic rings. The fourth-order valence-corrected chi connectivity index (χ4v) is 4.50. The molecule has 0 fully saturated rings. The van der Waals surface area contributed by atoms with Gasteiger partial charge in [0.2, 0.25) is 5.91 Å². The zero-order valence-electron chi connectivity index (χ0n) is 16.2. The van der Waals surface area contributed by atoms with Crippen molar-refractivity contribution in [2.45, 2.75) is 37.9 Å². The second-order valence-corrected chi connectivity index (χ2v) is 9.26. The predicted octanol–water partition coefficient (Wildman–Crippen LogP) is 7.13. The van der Waals surface area contributed by atoms with Crippen LogP contribution in [0.2, 0.25) is 15.1 Å². The van der Waals surface area contributed by atoms with Crippen molar-refractivity contribution in [3.63, 3.8) is 0 Å². The second-order valence-electron chi connectivity index (χ2n) is 7.21. The summed E-state index contributed by atoms with van der Waals surface area (Å²) in [6.45, 7) is 1.58. The third kappa shape index (κ3) is 4.90. The third-order valence-corrected chi connectivity index (χ3v) is 7.21. The van der Waals surface area contributed by atoms with Crippen molar-refractivity contribution in [1.29, 1.82) is 0 Å². The number of carbonyl (C=O) groups excluding carboxylic acids is 1. The maximum Gasteiger partial charge on any atom is 0.400 e. The monoisotopic (exact) mass is 554 g/mol. The summed E-state index contributed by atoms with van der Waals surface area (Å²) in [6, 6.07) is 7.57. The van der Waals surface area contributed by atoms with Crippen LogP contribution in [-0.4, -0.2) is 24.3 Å². The van der Waals surface area contributed by atoms with Gasteiger partial charge < -0.3 is 5.32 Å². The van der Waals surface area contributed by atoms with Gasteiger partial charge in [-0.25, -0.2) is 0 Å². The summed E-state index contributed by atoms with van der Waals surface area (Å²) in [7, 11) is 0. The first-order valence-corrected chi connectivity index (χ1v) is 11.2. The summed E-state index contributed by atoms with van der Waals surface area (Å²) in [5.74, 6) is -0.0913. The first-order chi connectivity index (χ1) is 14.5. The molecule has 1 unspecified atom stereocenters. The number of benzene rings is 2. The van der Waals surface area contributed by atoms with Crippen molar-refractivity contribution in [3.8, 4) is 0 Å². The van der Waals surface area contributed by atoms with Gasteiger partial charge >= 0.3 is 6.18 Å². The van der Waals surface area contributed by atoms with E-state index in [-0.39, 0.29) is 33.0 Å². The zero-order valence-corrected chi connectivity index (χ0v) is 20.1. The number of halogens is 7. The molecule has 0 saturated heterocycles. The highest BCUT2D eigenvalue weighted by atomic mass is 79.9. The molecule has 2 aromatic rings. The largest absolute Gasteiger partial charge is 0.400 e. The molecule has 3 rings (SSSR count). The highest BCUT2D eigenvalue weighted by Crippen LogP contribution is 2.49. The maximum absolute atomic E-state index is 14.3. The zero-order chi connectivity index (χ0) is 23.0. The van der Waals surface area contributed by atoms with Gasteiger partial charge in [-0.15, -0.1) is 0 Å². The topological polar surface area (TPSA) is 41.5 Å². The molecule has 1 N–H and O–H groups in total. The Balaban J connectivity index is 1.91. The average molecular weight is 557 g/mol. The van der Waals surface area contributed by atoms with E-state index in [0.29, 0.717) is 28.7 Å². The highest BCUT2D eigenvalue weighted by Gasteiger charge is 2.58. The van der Waals surface area contributed by atoms with Crippen LogP contribution in [0.25, 0.3) is 0 Å². The Morgan fingerprint density at radius 3 is 2.39 bits per heavy atom. The molecule has 3 nitrogen and oxygen atoms in total. The Labute approximate surface area is 201 Å². The van der Waals surface area contributed by atoms with Crippen molar-refractivity contribution in [2.75, 3.05) is 6.54 Å². The van der Waals surface area contributed by atoms with Crippen LogP contribution in [0.3, 0.4) is 0 Å². The number of carbonyl (C=O) groups is 1. The Kier molecular flexibility index (Phi) is 7.31. The van der Waals surface area contributed by atoms with Gasteiger partial charge in [0.05, 0.1) is 21.6 Å².